The van der Waals surface area contributed by atoms with Crippen LogP contribution in [0.3, 0.4) is 0 Å². The van der Waals surface area contributed by atoms with Crippen molar-refractivity contribution in [2.24, 2.45) is 5.14 Å². The Hall–Kier alpha value is -0.870. The van der Waals surface area contributed by atoms with Gasteiger partial charge in [-0.05, 0) is 46.5 Å². The van der Waals surface area contributed by atoms with E-state index in [1.807, 2.05) is 4.72 Å². The van der Waals surface area contributed by atoms with E-state index in [0.717, 1.165) is 12.8 Å². The van der Waals surface area contributed by atoms with Gasteiger partial charge in [-0.15, -0.1) is 0 Å². The van der Waals surface area contributed by atoms with E-state index >= 15 is 0 Å². The van der Waals surface area contributed by atoms with Gasteiger partial charge in [0.05, 0.1) is 10.5 Å². The number of amides is 1. The zero-order valence-electron chi connectivity index (χ0n) is 12.3. The molecule has 8 nitrogen and oxygen atoms in total. The minimum absolute atomic E-state index is 0.201. The van der Waals surface area contributed by atoms with Gasteiger partial charge in [0.1, 0.15) is 5.60 Å². The van der Waals surface area contributed by atoms with E-state index in [0.29, 0.717) is 12.8 Å². The smallest absolute Gasteiger partial charge is 0.421 e. The summed E-state index contributed by atoms with van der Waals surface area (Å²) in [6, 6.07) is 0. The van der Waals surface area contributed by atoms with Crippen molar-refractivity contribution in [1.82, 2.24) is 4.72 Å². The fourth-order valence-electron chi connectivity index (χ4n) is 1.27. The molecule has 0 aliphatic heterocycles. The maximum Gasteiger partial charge on any atom is 0.421 e. The van der Waals surface area contributed by atoms with Gasteiger partial charge in [-0.2, -0.15) is 0 Å². The average Bonchev–Trinajstić information content (AvgIpc) is 3.08. The topological polar surface area (TPSA) is 133 Å². The second-order valence-electron chi connectivity index (χ2n) is 6.14. The summed E-state index contributed by atoms with van der Waals surface area (Å²) in [5, 5.41) is 4.10. The third kappa shape index (κ3) is 7.63. The molecule has 2 rings (SSSR count). The number of ether oxygens (including phenoxy) is 1. The predicted molar refractivity (Wildman–Crippen MR) is 77.4 cm³/mol. The van der Waals surface area contributed by atoms with Gasteiger partial charge in [0, 0.05) is 0 Å². The lowest BCUT2D eigenvalue weighted by molar-refractivity contribution is 0.0570. The van der Waals surface area contributed by atoms with Gasteiger partial charge in [-0.3, -0.25) is 0 Å². The SMILES string of the molecule is CC(C)(C)OC(=O)NS(=O)(=O)C1CC1.NS(=O)(=O)C1CC1. The molecule has 2 aliphatic carbocycles. The zero-order chi connectivity index (χ0) is 16.5. The molecule has 21 heavy (non-hydrogen) atoms. The van der Waals surface area contributed by atoms with Crippen molar-refractivity contribution in [3.63, 3.8) is 0 Å². The third-order valence-corrected chi connectivity index (χ3v) is 5.78. The normalized spacial score (nSPS) is 19.2. The number of nitrogens with two attached hydrogens (primary N) is 1. The van der Waals surface area contributed by atoms with Gasteiger partial charge in [0.15, 0.2) is 0 Å². The molecule has 0 atom stereocenters. The maximum absolute atomic E-state index is 11.3. The van der Waals surface area contributed by atoms with Crippen molar-refractivity contribution in [2.45, 2.75) is 62.6 Å². The average molecular weight is 342 g/mol. The number of hydrogen-bond donors (Lipinski definition) is 2. The number of carbonyl (C=O) groups excluding carboxylic acids is 1. The lowest BCUT2D eigenvalue weighted by atomic mass is 10.2. The Kier molecular flexibility index (Phi) is 5.27. The predicted octanol–water partition coefficient (Wildman–Crippen LogP) is 0.441. The summed E-state index contributed by atoms with van der Waals surface area (Å²) in [6.45, 7) is 5.03. The second kappa shape index (κ2) is 6.09. The first-order valence-electron chi connectivity index (χ1n) is 6.57. The molecular weight excluding hydrogens is 320 g/mol. The summed E-state index contributed by atoms with van der Waals surface area (Å²) in [5.74, 6) is 0. The Morgan fingerprint density at radius 2 is 1.48 bits per heavy atom. The van der Waals surface area contributed by atoms with E-state index in [-0.39, 0.29) is 5.25 Å². The second-order valence-corrected chi connectivity index (χ2v) is 9.94. The number of rotatable bonds is 3. The summed E-state index contributed by atoms with van der Waals surface area (Å²) in [4.78, 5) is 11.1. The summed E-state index contributed by atoms with van der Waals surface area (Å²) < 4.78 is 49.6. The number of nitrogens with one attached hydrogen (secondary N) is 1. The first-order valence-corrected chi connectivity index (χ1v) is 9.73. The molecule has 0 aromatic carbocycles. The summed E-state index contributed by atoms with van der Waals surface area (Å²) in [5.41, 5.74) is -0.677. The quantitative estimate of drug-likeness (QED) is 0.764. The maximum atomic E-state index is 11.3. The summed E-state index contributed by atoms with van der Waals surface area (Å²) in [6.07, 6.45) is 1.87. The molecule has 0 saturated heterocycles. The van der Waals surface area contributed by atoms with Crippen molar-refractivity contribution >= 4 is 26.1 Å². The molecule has 0 heterocycles. The van der Waals surface area contributed by atoms with E-state index in [1.165, 1.54) is 0 Å². The Morgan fingerprint density at radius 3 is 1.71 bits per heavy atom. The lowest BCUT2D eigenvalue weighted by Gasteiger charge is -2.19. The minimum Gasteiger partial charge on any atom is -0.443 e. The Labute approximate surface area is 125 Å². The molecule has 0 unspecified atom stereocenters. The lowest BCUT2D eigenvalue weighted by Crippen LogP contribution is -2.37. The molecule has 2 saturated carbocycles. The van der Waals surface area contributed by atoms with E-state index < -0.39 is 37.0 Å². The van der Waals surface area contributed by atoms with Crippen LogP contribution in [0, 0.1) is 0 Å². The van der Waals surface area contributed by atoms with Crippen LogP contribution in [-0.4, -0.2) is 39.0 Å². The number of hydrogen-bond acceptors (Lipinski definition) is 6. The highest BCUT2D eigenvalue weighted by atomic mass is 32.2. The molecule has 3 N–H and O–H groups in total. The first kappa shape index (κ1) is 18.2. The van der Waals surface area contributed by atoms with Crippen LogP contribution in [0.4, 0.5) is 4.79 Å². The molecule has 1 amide bonds. The third-order valence-electron chi connectivity index (χ3n) is 2.58. The molecule has 0 aromatic rings. The molecule has 10 heteroatoms. The van der Waals surface area contributed by atoms with Gasteiger partial charge < -0.3 is 4.74 Å². The highest BCUT2D eigenvalue weighted by Crippen LogP contribution is 2.27. The number of sulfonamides is 2. The van der Waals surface area contributed by atoms with Crippen LogP contribution in [-0.2, 0) is 24.8 Å². The number of carbonyl (C=O) groups is 1. The largest absolute Gasteiger partial charge is 0.443 e. The van der Waals surface area contributed by atoms with Crippen LogP contribution >= 0.6 is 0 Å². The zero-order valence-corrected chi connectivity index (χ0v) is 14.0. The molecular formula is C11H22N2O6S2. The molecule has 124 valence electrons. The van der Waals surface area contributed by atoms with Crippen molar-refractivity contribution in [3.8, 4) is 0 Å². The molecule has 2 fully saturated rings. The number of primary sulfonamides is 1. The van der Waals surface area contributed by atoms with Gasteiger partial charge in [0.2, 0.25) is 20.0 Å². The molecule has 0 aromatic heterocycles. The van der Waals surface area contributed by atoms with Gasteiger partial charge in [-0.1, -0.05) is 0 Å². The Balaban J connectivity index is 0.000000262. The molecule has 2 aliphatic rings. The highest BCUT2D eigenvalue weighted by molar-refractivity contribution is 7.91. The van der Waals surface area contributed by atoms with Gasteiger partial charge >= 0.3 is 6.09 Å². The van der Waals surface area contributed by atoms with Crippen LogP contribution in [0.2, 0.25) is 0 Å². The van der Waals surface area contributed by atoms with Crippen molar-refractivity contribution in [1.29, 1.82) is 0 Å². The minimum atomic E-state index is -3.48. The fraction of sp³-hybridized carbons (Fsp3) is 0.909. The van der Waals surface area contributed by atoms with E-state index in [2.05, 4.69) is 0 Å². The fourth-order valence-corrected chi connectivity index (χ4v) is 3.26. The molecule has 0 spiro atoms. The van der Waals surface area contributed by atoms with E-state index in [9.17, 15) is 21.6 Å². The monoisotopic (exact) mass is 342 g/mol. The highest BCUT2D eigenvalue weighted by Gasteiger charge is 2.37. The summed E-state index contributed by atoms with van der Waals surface area (Å²) >= 11 is 0. The first-order chi connectivity index (χ1) is 9.31. The van der Waals surface area contributed by atoms with Crippen molar-refractivity contribution in [3.05, 3.63) is 0 Å². The van der Waals surface area contributed by atoms with Crippen LogP contribution in [0.1, 0.15) is 46.5 Å². The van der Waals surface area contributed by atoms with Crippen LogP contribution in [0.5, 0.6) is 0 Å². The van der Waals surface area contributed by atoms with Crippen LogP contribution in [0.15, 0.2) is 0 Å². The van der Waals surface area contributed by atoms with E-state index in [4.69, 9.17) is 9.88 Å². The van der Waals surface area contributed by atoms with Crippen molar-refractivity contribution in [2.75, 3.05) is 0 Å². The van der Waals surface area contributed by atoms with Gasteiger partial charge in [0.25, 0.3) is 0 Å². The Bertz CT molecular complexity index is 583. The molecule has 0 radical (unpaired) electrons. The molecule has 0 bridgehead atoms. The van der Waals surface area contributed by atoms with Gasteiger partial charge in [-0.25, -0.2) is 31.5 Å². The van der Waals surface area contributed by atoms with Crippen LogP contribution in [0.25, 0.3) is 0 Å². The Morgan fingerprint density at radius 1 is 1.05 bits per heavy atom. The summed E-state index contributed by atoms with van der Waals surface area (Å²) in [7, 11) is -6.61. The van der Waals surface area contributed by atoms with Crippen molar-refractivity contribution < 1.29 is 26.4 Å². The standard InChI is InChI=1S/C8H15NO4S.C3H7NO2S/c1-8(2,3)13-7(10)9-14(11,12)6-4-5-6;4-7(5,6)3-1-2-3/h6H,4-5H2,1-3H3,(H,9,10);3H,1-2H2,(H2,4,5,6). The van der Waals surface area contributed by atoms with E-state index in [1.54, 1.807) is 20.8 Å². The van der Waals surface area contributed by atoms with Crippen LogP contribution < -0.4 is 9.86 Å².